The van der Waals surface area contributed by atoms with Crippen LogP contribution in [0.3, 0.4) is 0 Å². The Bertz CT molecular complexity index is 242. The summed E-state index contributed by atoms with van der Waals surface area (Å²) in [4.78, 5) is 11.7. The molecule has 0 aromatic carbocycles. The van der Waals surface area contributed by atoms with Crippen LogP contribution in [0.25, 0.3) is 0 Å². The maximum atomic E-state index is 11.7. The Balaban J connectivity index is 2.35. The minimum Gasteiger partial charge on any atom is -0.351 e. The van der Waals surface area contributed by atoms with Crippen molar-refractivity contribution in [3.8, 4) is 0 Å². The van der Waals surface area contributed by atoms with E-state index in [4.69, 9.17) is 5.73 Å². The van der Waals surface area contributed by atoms with Crippen molar-refractivity contribution in [2.75, 3.05) is 0 Å². The minimum absolute atomic E-state index is 0.0978. The highest BCUT2D eigenvalue weighted by molar-refractivity contribution is 5.78. The van der Waals surface area contributed by atoms with E-state index in [-0.39, 0.29) is 17.0 Å². The molecule has 0 spiro atoms. The zero-order valence-electron chi connectivity index (χ0n) is 10.4. The number of carbonyl (C=O) groups excluding carboxylic acids is 1. The highest BCUT2D eigenvalue weighted by atomic mass is 16.1. The number of amides is 1. The highest BCUT2D eigenvalue weighted by Gasteiger charge is 2.40. The van der Waals surface area contributed by atoms with Crippen molar-refractivity contribution in [1.29, 1.82) is 0 Å². The molecule has 3 N–H and O–H groups in total. The van der Waals surface area contributed by atoms with Gasteiger partial charge in [-0.3, -0.25) is 4.79 Å². The van der Waals surface area contributed by atoms with Gasteiger partial charge in [-0.2, -0.15) is 0 Å². The van der Waals surface area contributed by atoms with E-state index in [0.29, 0.717) is 12.3 Å². The van der Waals surface area contributed by atoms with Crippen LogP contribution >= 0.6 is 0 Å². The van der Waals surface area contributed by atoms with Gasteiger partial charge in [0.15, 0.2) is 0 Å². The summed E-state index contributed by atoms with van der Waals surface area (Å²) >= 11 is 0. The molecule has 0 aliphatic heterocycles. The zero-order chi connectivity index (χ0) is 11.7. The van der Waals surface area contributed by atoms with Gasteiger partial charge in [-0.05, 0) is 39.0 Å². The zero-order valence-corrected chi connectivity index (χ0v) is 10.4. The molecule has 15 heavy (non-hydrogen) atoms. The molecular formula is C12H24N2O. The molecule has 0 radical (unpaired) electrons. The molecule has 0 aromatic heterocycles. The number of hydrogen-bond donors (Lipinski definition) is 2. The van der Waals surface area contributed by atoms with Crippen molar-refractivity contribution in [3.05, 3.63) is 0 Å². The largest absolute Gasteiger partial charge is 0.351 e. The molecule has 0 unspecified atom stereocenters. The first-order valence-electron chi connectivity index (χ1n) is 5.82. The number of carbonyl (C=O) groups is 1. The molecule has 0 aromatic rings. The van der Waals surface area contributed by atoms with E-state index >= 15 is 0 Å². The Morgan fingerprint density at radius 1 is 1.47 bits per heavy atom. The molecular weight excluding hydrogens is 188 g/mol. The predicted molar refractivity (Wildman–Crippen MR) is 62.4 cm³/mol. The van der Waals surface area contributed by atoms with Gasteiger partial charge in [-0.15, -0.1) is 0 Å². The lowest BCUT2D eigenvalue weighted by atomic mass is 9.92. The average Bonchev–Trinajstić information content (AvgIpc) is 2.61. The summed E-state index contributed by atoms with van der Waals surface area (Å²) in [6, 6.07) is 0. The second-order valence-electron chi connectivity index (χ2n) is 6.07. The molecule has 0 saturated heterocycles. The van der Waals surface area contributed by atoms with Crippen LogP contribution in [0.5, 0.6) is 0 Å². The maximum absolute atomic E-state index is 11.7. The van der Waals surface area contributed by atoms with Crippen LogP contribution in [0.1, 0.15) is 53.4 Å². The Labute approximate surface area is 92.8 Å². The van der Waals surface area contributed by atoms with E-state index in [1.54, 1.807) is 0 Å². The Kier molecular flexibility index (Phi) is 3.44. The second-order valence-corrected chi connectivity index (χ2v) is 6.07. The monoisotopic (exact) mass is 212 g/mol. The predicted octanol–water partition coefficient (Wildman–Crippen LogP) is 1.81. The number of hydrogen-bond acceptors (Lipinski definition) is 2. The lowest BCUT2D eigenvalue weighted by Gasteiger charge is -2.28. The molecule has 88 valence electrons. The lowest BCUT2D eigenvalue weighted by Crippen LogP contribution is -2.46. The van der Waals surface area contributed by atoms with Crippen molar-refractivity contribution in [1.82, 2.24) is 5.32 Å². The molecule has 3 heteroatoms. The van der Waals surface area contributed by atoms with Crippen molar-refractivity contribution in [3.63, 3.8) is 0 Å². The molecule has 3 nitrogen and oxygen atoms in total. The molecule has 1 aliphatic rings. The standard InChI is InChI=1S/C12H24N2O/c1-9(2)7-11(3,4)14-10(15)8-12(13)5-6-12/h9H,5-8,13H2,1-4H3,(H,14,15). The van der Waals surface area contributed by atoms with Crippen LogP contribution in [-0.4, -0.2) is 17.0 Å². The SMILES string of the molecule is CC(C)CC(C)(C)NC(=O)CC1(N)CC1. The number of nitrogens with one attached hydrogen (secondary N) is 1. The van der Waals surface area contributed by atoms with Crippen LogP contribution in [-0.2, 0) is 4.79 Å². The quantitative estimate of drug-likeness (QED) is 0.730. The third-order valence-electron chi connectivity index (χ3n) is 2.80. The van der Waals surface area contributed by atoms with Crippen molar-refractivity contribution in [2.45, 2.75) is 64.5 Å². The highest BCUT2D eigenvalue weighted by Crippen LogP contribution is 2.35. The summed E-state index contributed by atoms with van der Waals surface area (Å²) < 4.78 is 0. The summed E-state index contributed by atoms with van der Waals surface area (Å²) in [5.41, 5.74) is 5.61. The first kappa shape index (κ1) is 12.5. The molecule has 1 aliphatic carbocycles. The second kappa shape index (κ2) is 4.12. The first-order valence-corrected chi connectivity index (χ1v) is 5.82. The first-order chi connectivity index (χ1) is 6.72. The summed E-state index contributed by atoms with van der Waals surface area (Å²) in [6.45, 7) is 8.47. The van der Waals surface area contributed by atoms with E-state index in [1.807, 2.05) is 0 Å². The maximum Gasteiger partial charge on any atom is 0.222 e. The number of nitrogens with two attached hydrogens (primary N) is 1. The van der Waals surface area contributed by atoms with Crippen molar-refractivity contribution < 1.29 is 4.79 Å². The van der Waals surface area contributed by atoms with Crippen LogP contribution < -0.4 is 11.1 Å². The van der Waals surface area contributed by atoms with E-state index in [0.717, 1.165) is 19.3 Å². The Hall–Kier alpha value is -0.570. The Morgan fingerprint density at radius 3 is 2.40 bits per heavy atom. The van der Waals surface area contributed by atoms with E-state index in [1.165, 1.54) is 0 Å². The third kappa shape index (κ3) is 4.65. The van der Waals surface area contributed by atoms with Crippen molar-refractivity contribution >= 4 is 5.91 Å². The molecule has 0 atom stereocenters. The summed E-state index contributed by atoms with van der Waals surface area (Å²) in [5.74, 6) is 0.689. The molecule has 1 saturated carbocycles. The lowest BCUT2D eigenvalue weighted by molar-refractivity contribution is -0.123. The fourth-order valence-electron chi connectivity index (χ4n) is 2.15. The molecule has 0 bridgehead atoms. The van der Waals surface area contributed by atoms with E-state index in [2.05, 4.69) is 33.0 Å². The molecule has 0 heterocycles. The van der Waals surface area contributed by atoms with Gasteiger partial charge in [0.2, 0.25) is 5.91 Å². The van der Waals surface area contributed by atoms with Gasteiger partial charge in [0, 0.05) is 17.5 Å². The summed E-state index contributed by atoms with van der Waals surface area (Å²) in [6.07, 6.45) is 3.46. The van der Waals surface area contributed by atoms with Crippen molar-refractivity contribution in [2.24, 2.45) is 11.7 Å². The van der Waals surface area contributed by atoms with Crippen LogP contribution in [0.15, 0.2) is 0 Å². The molecule has 1 amide bonds. The Morgan fingerprint density at radius 2 is 2.00 bits per heavy atom. The normalized spacial score (nSPS) is 19.1. The average molecular weight is 212 g/mol. The summed E-state index contributed by atoms with van der Waals surface area (Å²) in [5, 5.41) is 3.07. The van der Waals surface area contributed by atoms with Gasteiger partial charge >= 0.3 is 0 Å². The van der Waals surface area contributed by atoms with Crippen LogP contribution in [0, 0.1) is 5.92 Å². The van der Waals surface area contributed by atoms with E-state index in [9.17, 15) is 4.79 Å². The molecule has 1 rings (SSSR count). The van der Waals surface area contributed by atoms with Gasteiger partial charge < -0.3 is 11.1 Å². The van der Waals surface area contributed by atoms with Gasteiger partial charge in [-0.1, -0.05) is 13.8 Å². The van der Waals surface area contributed by atoms with Gasteiger partial charge in [0.1, 0.15) is 0 Å². The summed E-state index contributed by atoms with van der Waals surface area (Å²) in [7, 11) is 0. The van der Waals surface area contributed by atoms with E-state index < -0.39 is 0 Å². The fourth-order valence-corrected chi connectivity index (χ4v) is 2.15. The third-order valence-corrected chi connectivity index (χ3v) is 2.80. The minimum atomic E-state index is -0.183. The number of rotatable bonds is 5. The van der Waals surface area contributed by atoms with Gasteiger partial charge in [-0.25, -0.2) is 0 Å². The van der Waals surface area contributed by atoms with Gasteiger partial charge in [0.25, 0.3) is 0 Å². The molecule has 1 fully saturated rings. The van der Waals surface area contributed by atoms with Gasteiger partial charge in [0.05, 0.1) is 0 Å². The smallest absolute Gasteiger partial charge is 0.222 e. The topological polar surface area (TPSA) is 55.1 Å². The fraction of sp³-hybridized carbons (Fsp3) is 0.917. The van der Waals surface area contributed by atoms with Crippen LogP contribution in [0.2, 0.25) is 0 Å². The van der Waals surface area contributed by atoms with Crippen LogP contribution in [0.4, 0.5) is 0 Å².